The molecule has 6 heteroatoms. The lowest BCUT2D eigenvalue weighted by Crippen LogP contribution is -2.30. The Morgan fingerprint density at radius 3 is 0.881 bits per heavy atom. The average Bonchev–Trinajstić information content (AvgIpc) is 3.33. The zero-order valence-corrected chi connectivity index (χ0v) is 44.7. The number of hydrogen-bond acceptors (Lipinski definition) is 6. The minimum absolute atomic E-state index is 0.0807. The van der Waals surface area contributed by atoms with Crippen LogP contribution in [-0.4, -0.2) is 37.2 Å². The first kappa shape index (κ1) is 64.4. The Kier molecular flexibility index (Phi) is 53.8. The molecule has 0 aromatic heterocycles. The highest BCUT2D eigenvalue weighted by Crippen LogP contribution is 2.16. The molecule has 0 aromatic carbocycles. The van der Waals surface area contributed by atoms with Crippen molar-refractivity contribution in [2.75, 3.05) is 13.2 Å². The van der Waals surface area contributed by atoms with Gasteiger partial charge >= 0.3 is 17.9 Å². The molecular formula is C61H110O6. The van der Waals surface area contributed by atoms with Crippen LogP contribution in [0.5, 0.6) is 0 Å². The fraction of sp³-hybridized carbons (Fsp3) is 0.820. The number of carbonyl (C=O) groups is 3. The van der Waals surface area contributed by atoms with Crippen LogP contribution in [0.4, 0.5) is 0 Å². The number of carbonyl (C=O) groups excluding carboxylic acids is 3. The zero-order chi connectivity index (χ0) is 48.6. The average molecular weight is 940 g/mol. The molecule has 0 aliphatic carbocycles. The highest BCUT2D eigenvalue weighted by molar-refractivity contribution is 5.71. The van der Waals surface area contributed by atoms with Gasteiger partial charge in [0.15, 0.2) is 6.10 Å². The lowest BCUT2D eigenvalue weighted by molar-refractivity contribution is -0.167. The van der Waals surface area contributed by atoms with Crippen LogP contribution in [0.25, 0.3) is 0 Å². The number of ether oxygens (including phenoxy) is 3. The third-order valence-electron chi connectivity index (χ3n) is 12.8. The summed E-state index contributed by atoms with van der Waals surface area (Å²) in [6.45, 7) is 6.62. The summed E-state index contributed by atoms with van der Waals surface area (Å²) in [4.78, 5) is 38.2. The van der Waals surface area contributed by atoms with Gasteiger partial charge in [-0.25, -0.2) is 0 Å². The molecule has 0 heterocycles. The molecule has 0 rings (SSSR count). The minimum Gasteiger partial charge on any atom is -0.462 e. The van der Waals surface area contributed by atoms with Crippen LogP contribution in [0, 0.1) is 0 Å². The van der Waals surface area contributed by atoms with Gasteiger partial charge in [-0.05, 0) is 83.5 Å². The van der Waals surface area contributed by atoms with E-state index in [9.17, 15) is 14.4 Å². The largest absolute Gasteiger partial charge is 0.462 e. The van der Waals surface area contributed by atoms with Crippen molar-refractivity contribution in [3.63, 3.8) is 0 Å². The third-order valence-corrected chi connectivity index (χ3v) is 12.8. The normalized spacial score (nSPS) is 12.3. The lowest BCUT2D eigenvalue weighted by Gasteiger charge is -2.18. The molecule has 0 aromatic rings. The van der Waals surface area contributed by atoms with Crippen molar-refractivity contribution < 1.29 is 28.6 Å². The second-order valence-corrected chi connectivity index (χ2v) is 19.6. The van der Waals surface area contributed by atoms with E-state index in [4.69, 9.17) is 14.2 Å². The number of esters is 3. The van der Waals surface area contributed by atoms with Gasteiger partial charge in [0.2, 0.25) is 0 Å². The first-order chi connectivity index (χ1) is 33.0. The highest BCUT2D eigenvalue weighted by atomic mass is 16.6. The quantitative estimate of drug-likeness (QED) is 0.0262. The smallest absolute Gasteiger partial charge is 0.306 e. The van der Waals surface area contributed by atoms with Crippen molar-refractivity contribution in [3.05, 3.63) is 48.6 Å². The summed E-state index contributed by atoms with van der Waals surface area (Å²) in [5.74, 6) is -0.897. The molecule has 0 aliphatic rings. The monoisotopic (exact) mass is 939 g/mol. The van der Waals surface area contributed by atoms with E-state index in [0.29, 0.717) is 19.3 Å². The van der Waals surface area contributed by atoms with Crippen LogP contribution in [0.1, 0.15) is 303 Å². The Hall–Kier alpha value is -2.63. The summed E-state index contributed by atoms with van der Waals surface area (Å²) >= 11 is 0. The topological polar surface area (TPSA) is 78.9 Å². The molecule has 0 radical (unpaired) electrons. The molecule has 0 fully saturated rings. The van der Waals surface area contributed by atoms with Crippen LogP contribution in [0.2, 0.25) is 0 Å². The van der Waals surface area contributed by atoms with Crippen molar-refractivity contribution in [2.45, 2.75) is 309 Å². The molecule has 0 amide bonds. The van der Waals surface area contributed by atoms with E-state index in [1.807, 2.05) is 0 Å². The van der Waals surface area contributed by atoms with Crippen LogP contribution in [0.3, 0.4) is 0 Å². The van der Waals surface area contributed by atoms with E-state index in [1.54, 1.807) is 0 Å². The maximum absolute atomic E-state index is 12.8. The predicted molar refractivity (Wildman–Crippen MR) is 289 cm³/mol. The number of allylic oxidation sites excluding steroid dienone is 8. The van der Waals surface area contributed by atoms with Gasteiger partial charge in [0.05, 0.1) is 0 Å². The first-order valence-corrected chi connectivity index (χ1v) is 29.1. The standard InChI is InChI=1S/C61H110O6/c1-4-7-10-13-16-19-22-25-28-30-33-35-38-41-44-47-50-53-59(62)65-56-58(67-61(64)55-52-49-46-43-40-37-32-27-24-21-18-15-12-9-6-3)57-66-60(63)54-51-48-45-42-39-36-34-31-29-26-23-20-17-14-11-8-5-2/h16,19,25,27-28,32-33,35,58H,4-15,17-18,20-24,26,29-31,34,36-57H2,1-3H3/b19-16-,28-25-,32-27-,35-33-/t58-/m1/s1. The van der Waals surface area contributed by atoms with Crippen LogP contribution in [-0.2, 0) is 28.6 Å². The SMILES string of the molecule is CCCCC/C=C\C/C=C\C/C=C\CCCCCCC(=O)OC[C@H](COC(=O)CCCCCCCCCCCCCCCCCCC)OC(=O)CCCCCCC/C=C\CCCCCCCC. The Morgan fingerprint density at radius 1 is 0.299 bits per heavy atom. The predicted octanol–water partition coefficient (Wildman–Crippen LogP) is 19.4. The van der Waals surface area contributed by atoms with E-state index in [2.05, 4.69) is 69.4 Å². The van der Waals surface area contributed by atoms with Crippen molar-refractivity contribution in [2.24, 2.45) is 0 Å². The van der Waals surface area contributed by atoms with Gasteiger partial charge in [-0.15, -0.1) is 0 Å². The van der Waals surface area contributed by atoms with Crippen LogP contribution < -0.4 is 0 Å². The van der Waals surface area contributed by atoms with Crippen molar-refractivity contribution in [3.8, 4) is 0 Å². The van der Waals surface area contributed by atoms with Gasteiger partial charge in [0.25, 0.3) is 0 Å². The molecule has 0 aliphatic heterocycles. The van der Waals surface area contributed by atoms with E-state index in [-0.39, 0.29) is 31.1 Å². The fourth-order valence-electron chi connectivity index (χ4n) is 8.39. The van der Waals surface area contributed by atoms with Crippen LogP contribution >= 0.6 is 0 Å². The Labute approximate surface area is 416 Å². The molecule has 0 saturated carbocycles. The maximum Gasteiger partial charge on any atom is 0.306 e. The molecule has 6 nitrogen and oxygen atoms in total. The Morgan fingerprint density at radius 2 is 0.537 bits per heavy atom. The lowest BCUT2D eigenvalue weighted by atomic mass is 10.0. The van der Waals surface area contributed by atoms with Crippen molar-refractivity contribution in [1.29, 1.82) is 0 Å². The molecule has 1 atom stereocenters. The fourth-order valence-corrected chi connectivity index (χ4v) is 8.39. The summed E-state index contributed by atoms with van der Waals surface area (Å²) in [7, 11) is 0. The number of unbranched alkanes of at least 4 members (excludes halogenated alkanes) is 34. The zero-order valence-electron chi connectivity index (χ0n) is 44.7. The summed E-state index contributed by atoms with van der Waals surface area (Å²) in [6.07, 6.45) is 68.1. The Balaban J connectivity index is 4.39. The van der Waals surface area contributed by atoms with Gasteiger partial charge in [-0.3, -0.25) is 14.4 Å². The first-order valence-electron chi connectivity index (χ1n) is 29.1. The third kappa shape index (κ3) is 54.2. The summed E-state index contributed by atoms with van der Waals surface area (Å²) in [5.41, 5.74) is 0. The second kappa shape index (κ2) is 56.0. The number of rotatable bonds is 53. The van der Waals surface area contributed by atoms with Gasteiger partial charge < -0.3 is 14.2 Å². The van der Waals surface area contributed by atoms with Gasteiger partial charge in [0, 0.05) is 19.3 Å². The summed E-state index contributed by atoms with van der Waals surface area (Å²) in [5, 5.41) is 0. The van der Waals surface area contributed by atoms with Gasteiger partial charge in [-0.1, -0.05) is 249 Å². The summed E-state index contributed by atoms with van der Waals surface area (Å²) in [6, 6.07) is 0. The van der Waals surface area contributed by atoms with E-state index in [1.165, 1.54) is 167 Å². The van der Waals surface area contributed by atoms with Gasteiger partial charge in [0.1, 0.15) is 13.2 Å². The maximum atomic E-state index is 12.8. The van der Waals surface area contributed by atoms with E-state index < -0.39 is 6.10 Å². The van der Waals surface area contributed by atoms with Crippen LogP contribution in [0.15, 0.2) is 48.6 Å². The molecule has 0 spiro atoms. The molecule has 390 valence electrons. The van der Waals surface area contributed by atoms with E-state index >= 15 is 0 Å². The van der Waals surface area contributed by atoms with Crippen molar-refractivity contribution in [1.82, 2.24) is 0 Å². The molecular weight excluding hydrogens is 829 g/mol. The molecule has 0 N–H and O–H groups in total. The highest BCUT2D eigenvalue weighted by Gasteiger charge is 2.19. The minimum atomic E-state index is -0.785. The molecule has 67 heavy (non-hydrogen) atoms. The van der Waals surface area contributed by atoms with Gasteiger partial charge in [-0.2, -0.15) is 0 Å². The molecule has 0 bridgehead atoms. The second-order valence-electron chi connectivity index (χ2n) is 19.6. The van der Waals surface area contributed by atoms with Crippen molar-refractivity contribution >= 4 is 17.9 Å². The molecule has 0 unspecified atom stereocenters. The summed E-state index contributed by atoms with van der Waals surface area (Å²) < 4.78 is 16.9. The number of hydrogen-bond donors (Lipinski definition) is 0. The Bertz CT molecular complexity index is 1170. The van der Waals surface area contributed by atoms with E-state index in [0.717, 1.165) is 96.3 Å². The molecule has 0 saturated heterocycles.